The fraction of sp³-hybridized carbons (Fsp3) is 0.421. The topological polar surface area (TPSA) is 131 Å². The summed E-state index contributed by atoms with van der Waals surface area (Å²) < 4.78 is 11.6. The number of ether oxygens (including phenoxy) is 2. The van der Waals surface area contributed by atoms with Gasteiger partial charge in [-0.2, -0.15) is 0 Å². The predicted molar refractivity (Wildman–Crippen MR) is 108 cm³/mol. The van der Waals surface area contributed by atoms with Crippen molar-refractivity contribution in [2.24, 2.45) is 5.73 Å². The average molecular weight is 404 g/mol. The lowest BCUT2D eigenvalue weighted by Crippen LogP contribution is -2.30. The van der Waals surface area contributed by atoms with Crippen LogP contribution in [0.4, 0.5) is 5.69 Å². The van der Waals surface area contributed by atoms with Gasteiger partial charge in [0.05, 0.1) is 11.7 Å². The molecule has 3 rings (SSSR count). The fourth-order valence-electron chi connectivity index (χ4n) is 3.41. The number of methoxy groups -OCH3 is 1. The summed E-state index contributed by atoms with van der Waals surface area (Å²) in [6.45, 7) is 1.65. The summed E-state index contributed by atoms with van der Waals surface area (Å²) in [6, 6.07) is 3.54. The summed E-state index contributed by atoms with van der Waals surface area (Å²) in [4.78, 5) is 15.7. The van der Waals surface area contributed by atoms with Gasteiger partial charge in [-0.3, -0.25) is 5.41 Å². The summed E-state index contributed by atoms with van der Waals surface area (Å²) in [6.07, 6.45) is 5.61. The van der Waals surface area contributed by atoms with E-state index >= 15 is 0 Å². The van der Waals surface area contributed by atoms with Gasteiger partial charge < -0.3 is 25.6 Å². The van der Waals surface area contributed by atoms with Crippen LogP contribution < -0.4 is 15.8 Å². The van der Waals surface area contributed by atoms with Crippen LogP contribution in [0.2, 0.25) is 0 Å². The minimum Gasteiger partial charge on any atom is -0.477 e. The average Bonchev–Trinajstić information content (AvgIpc) is 2.98. The SMILES string of the molecule is COC1CCCC(Oc2ncccc2N/C(N)=C2/C(=N)SC(C(=O)O)=C2C)C1. The molecule has 9 heteroatoms. The quantitative estimate of drug-likeness (QED) is 0.569. The highest BCUT2D eigenvalue weighted by Crippen LogP contribution is 2.38. The van der Waals surface area contributed by atoms with Gasteiger partial charge in [0, 0.05) is 19.7 Å². The summed E-state index contributed by atoms with van der Waals surface area (Å²) in [5, 5.41) is 20.5. The van der Waals surface area contributed by atoms with Gasteiger partial charge in [-0.05, 0) is 43.9 Å². The second-order valence-corrected chi connectivity index (χ2v) is 7.75. The zero-order valence-corrected chi connectivity index (χ0v) is 16.6. The lowest BCUT2D eigenvalue weighted by Gasteiger charge is -2.28. The Kier molecular flexibility index (Phi) is 6.25. The summed E-state index contributed by atoms with van der Waals surface area (Å²) in [7, 11) is 1.71. The van der Waals surface area contributed by atoms with Gasteiger partial charge in [0.1, 0.15) is 27.6 Å². The zero-order chi connectivity index (χ0) is 20.3. The largest absolute Gasteiger partial charge is 0.477 e. The van der Waals surface area contributed by atoms with E-state index in [-0.39, 0.29) is 28.0 Å². The molecule has 2 unspecified atom stereocenters. The fourth-order valence-corrected chi connectivity index (χ4v) is 4.32. The number of carbonyl (C=O) groups is 1. The molecule has 0 amide bonds. The Bertz CT molecular complexity index is 852. The Morgan fingerprint density at radius 2 is 2.18 bits per heavy atom. The maximum absolute atomic E-state index is 11.3. The van der Waals surface area contributed by atoms with Gasteiger partial charge in [0.15, 0.2) is 0 Å². The second-order valence-electron chi connectivity index (χ2n) is 6.72. The molecule has 0 bridgehead atoms. The van der Waals surface area contributed by atoms with Crippen molar-refractivity contribution in [2.75, 3.05) is 12.4 Å². The van der Waals surface area contributed by atoms with Crippen molar-refractivity contribution in [1.82, 2.24) is 4.98 Å². The van der Waals surface area contributed by atoms with E-state index in [4.69, 9.17) is 20.6 Å². The molecule has 0 spiro atoms. The molecule has 0 aromatic carbocycles. The first-order valence-electron chi connectivity index (χ1n) is 9.03. The number of anilines is 1. The number of thioether (sulfide) groups is 1. The number of pyridine rings is 1. The van der Waals surface area contributed by atoms with E-state index in [1.165, 1.54) is 0 Å². The van der Waals surface area contributed by atoms with Gasteiger partial charge in [-0.25, -0.2) is 9.78 Å². The van der Waals surface area contributed by atoms with Crippen LogP contribution in [0.5, 0.6) is 5.88 Å². The number of allylic oxidation sites excluding steroid dienone is 1. The Hall–Kier alpha value is -2.52. The van der Waals surface area contributed by atoms with Gasteiger partial charge in [0.25, 0.3) is 0 Å². The Morgan fingerprint density at radius 1 is 1.43 bits per heavy atom. The third kappa shape index (κ3) is 4.31. The number of nitrogens with two attached hydrogens (primary N) is 1. The van der Waals surface area contributed by atoms with E-state index in [0.717, 1.165) is 37.4 Å². The molecular weight excluding hydrogens is 380 g/mol. The molecule has 1 aliphatic carbocycles. The number of rotatable bonds is 6. The lowest BCUT2D eigenvalue weighted by atomic mass is 9.95. The molecule has 2 aliphatic rings. The maximum atomic E-state index is 11.3. The molecule has 1 fully saturated rings. The monoisotopic (exact) mass is 404 g/mol. The molecule has 2 heterocycles. The van der Waals surface area contributed by atoms with E-state index in [2.05, 4.69) is 10.3 Å². The first-order valence-corrected chi connectivity index (χ1v) is 9.85. The van der Waals surface area contributed by atoms with Crippen molar-refractivity contribution in [3.8, 4) is 5.88 Å². The van der Waals surface area contributed by atoms with Crippen LogP contribution in [0, 0.1) is 5.41 Å². The molecule has 5 N–H and O–H groups in total. The first kappa shape index (κ1) is 20.2. The number of hydrogen-bond acceptors (Lipinski definition) is 8. The highest BCUT2D eigenvalue weighted by Gasteiger charge is 2.30. The van der Waals surface area contributed by atoms with Crippen LogP contribution in [-0.4, -0.2) is 40.4 Å². The van der Waals surface area contributed by atoms with E-state index < -0.39 is 5.97 Å². The standard InChI is InChI=1S/C19H24N4O4S/c1-10-14(17(21)28-15(10)19(24)25)16(20)23-13-7-4-8-22-18(13)27-12-6-3-5-11(9-12)26-2/h4,7-8,11-12,21,23H,3,5-6,9,20H2,1-2H3,(H,24,25)/b16-14+,21-17?. The minimum atomic E-state index is -1.06. The molecular formula is C19H24N4O4S. The number of nitrogens with one attached hydrogen (secondary N) is 2. The third-order valence-electron chi connectivity index (χ3n) is 4.84. The van der Waals surface area contributed by atoms with E-state index in [1.807, 2.05) is 0 Å². The molecule has 1 aromatic rings. The van der Waals surface area contributed by atoms with E-state index in [1.54, 1.807) is 32.4 Å². The van der Waals surface area contributed by atoms with Crippen LogP contribution in [0.25, 0.3) is 0 Å². The number of aromatic nitrogens is 1. The number of carboxylic acids is 1. The maximum Gasteiger partial charge on any atom is 0.342 e. The van der Waals surface area contributed by atoms with Crippen LogP contribution in [0.3, 0.4) is 0 Å². The Morgan fingerprint density at radius 3 is 2.86 bits per heavy atom. The predicted octanol–water partition coefficient (Wildman–Crippen LogP) is 3.08. The summed E-state index contributed by atoms with van der Waals surface area (Å²) in [5.41, 5.74) is 7.60. The minimum absolute atomic E-state index is 0.00334. The summed E-state index contributed by atoms with van der Waals surface area (Å²) in [5.74, 6) is -0.446. The smallest absolute Gasteiger partial charge is 0.342 e. The van der Waals surface area contributed by atoms with Gasteiger partial charge in [-0.15, -0.1) is 0 Å². The van der Waals surface area contributed by atoms with Crippen molar-refractivity contribution >= 4 is 28.5 Å². The lowest BCUT2D eigenvalue weighted by molar-refractivity contribution is -0.131. The van der Waals surface area contributed by atoms with Crippen LogP contribution in [-0.2, 0) is 9.53 Å². The van der Waals surface area contributed by atoms with Crippen molar-refractivity contribution in [3.05, 3.63) is 40.2 Å². The summed E-state index contributed by atoms with van der Waals surface area (Å²) >= 11 is 0.889. The van der Waals surface area contributed by atoms with Crippen molar-refractivity contribution in [1.29, 1.82) is 5.41 Å². The molecule has 1 aliphatic heterocycles. The molecule has 1 aromatic heterocycles. The number of aliphatic carboxylic acids is 1. The number of nitrogens with zero attached hydrogens (tertiary/aromatic N) is 1. The highest BCUT2D eigenvalue weighted by molar-refractivity contribution is 8.18. The van der Waals surface area contributed by atoms with Crippen molar-refractivity contribution in [3.63, 3.8) is 0 Å². The van der Waals surface area contributed by atoms with Crippen LogP contribution in [0.15, 0.2) is 40.2 Å². The van der Waals surface area contributed by atoms with E-state index in [0.29, 0.717) is 22.7 Å². The zero-order valence-electron chi connectivity index (χ0n) is 15.8. The molecule has 0 saturated heterocycles. The van der Waals surface area contributed by atoms with Crippen molar-refractivity contribution in [2.45, 2.75) is 44.8 Å². The molecule has 28 heavy (non-hydrogen) atoms. The molecule has 150 valence electrons. The van der Waals surface area contributed by atoms with E-state index in [9.17, 15) is 9.90 Å². The van der Waals surface area contributed by atoms with Gasteiger partial charge in [0.2, 0.25) is 5.88 Å². The molecule has 2 atom stereocenters. The van der Waals surface area contributed by atoms with Crippen molar-refractivity contribution < 1.29 is 19.4 Å². The molecule has 1 saturated carbocycles. The number of carboxylic acid groups (broad SMARTS) is 1. The third-order valence-corrected chi connectivity index (χ3v) is 5.93. The highest BCUT2D eigenvalue weighted by atomic mass is 32.2. The molecule has 8 nitrogen and oxygen atoms in total. The molecule has 0 radical (unpaired) electrons. The van der Waals surface area contributed by atoms with Gasteiger partial charge in [-0.1, -0.05) is 11.8 Å². The van der Waals surface area contributed by atoms with Gasteiger partial charge >= 0.3 is 5.97 Å². The Labute approximate surface area is 167 Å². The van der Waals surface area contributed by atoms with Crippen LogP contribution >= 0.6 is 11.8 Å². The normalized spacial score (nSPS) is 24.3. The number of hydrogen-bond donors (Lipinski definition) is 4. The second kappa shape index (κ2) is 8.66. The van der Waals surface area contributed by atoms with Crippen LogP contribution in [0.1, 0.15) is 32.6 Å². The first-order chi connectivity index (χ1) is 13.4. The Balaban J connectivity index is 1.82.